The van der Waals surface area contributed by atoms with Gasteiger partial charge in [-0.2, -0.15) is 0 Å². The smallest absolute Gasteiger partial charge is 0.238 e. The van der Waals surface area contributed by atoms with Gasteiger partial charge in [-0.1, -0.05) is 12.1 Å². The van der Waals surface area contributed by atoms with Gasteiger partial charge in [0.15, 0.2) is 0 Å². The van der Waals surface area contributed by atoms with Crippen molar-refractivity contribution in [2.75, 3.05) is 15.7 Å². The van der Waals surface area contributed by atoms with E-state index in [4.69, 9.17) is 0 Å². The zero-order valence-corrected chi connectivity index (χ0v) is 12.4. The van der Waals surface area contributed by atoms with Crippen LogP contribution in [0.25, 0.3) is 0 Å². The van der Waals surface area contributed by atoms with Gasteiger partial charge < -0.3 is 4.90 Å². The van der Waals surface area contributed by atoms with E-state index in [0.29, 0.717) is 17.9 Å². The fourth-order valence-electron chi connectivity index (χ4n) is 2.80. The van der Waals surface area contributed by atoms with Crippen LogP contribution in [0.15, 0.2) is 24.3 Å². The first-order valence-electron chi connectivity index (χ1n) is 6.83. The van der Waals surface area contributed by atoms with Crippen LogP contribution >= 0.6 is 0 Å². The van der Waals surface area contributed by atoms with Crippen molar-refractivity contribution in [2.45, 2.75) is 38.0 Å². The van der Waals surface area contributed by atoms with Gasteiger partial charge in [0, 0.05) is 6.92 Å². The third kappa shape index (κ3) is 1.98. The van der Waals surface area contributed by atoms with Crippen molar-refractivity contribution in [1.29, 1.82) is 0 Å². The number of nitrogens with zero attached hydrogens (tertiary/aromatic N) is 2. The highest BCUT2D eigenvalue weighted by molar-refractivity contribution is 7.93. The molecular weight excluding hydrogens is 276 g/mol. The molecule has 1 aromatic carbocycles. The summed E-state index contributed by atoms with van der Waals surface area (Å²) in [7, 11) is -3.29. The van der Waals surface area contributed by atoms with Gasteiger partial charge in [-0.3, -0.25) is 9.10 Å². The summed E-state index contributed by atoms with van der Waals surface area (Å²) in [6.45, 7) is 3.72. The van der Waals surface area contributed by atoms with E-state index in [1.54, 1.807) is 11.0 Å². The fraction of sp³-hybridized carbons (Fsp3) is 0.500. The molecule has 0 spiro atoms. The highest BCUT2D eigenvalue weighted by atomic mass is 32.2. The molecule has 0 bridgehead atoms. The molecular formula is C14H18N2O3S. The van der Waals surface area contributed by atoms with E-state index >= 15 is 0 Å². The number of carbonyl (C=O) groups is 1. The number of amides is 1. The molecule has 5 nitrogen and oxygen atoms in total. The van der Waals surface area contributed by atoms with Crippen LogP contribution in [0, 0.1) is 0 Å². The Hall–Kier alpha value is -1.56. The number of hydrogen-bond acceptors (Lipinski definition) is 3. The topological polar surface area (TPSA) is 57.7 Å². The maximum atomic E-state index is 12.6. The van der Waals surface area contributed by atoms with Crippen LogP contribution in [0.1, 0.15) is 26.7 Å². The summed E-state index contributed by atoms with van der Waals surface area (Å²) in [5.41, 5.74) is 1.30. The van der Waals surface area contributed by atoms with Crippen LogP contribution in [-0.2, 0) is 14.8 Å². The minimum absolute atomic E-state index is 0.0616. The van der Waals surface area contributed by atoms with Crippen molar-refractivity contribution in [3.63, 3.8) is 0 Å². The lowest BCUT2D eigenvalue weighted by Gasteiger charge is -2.41. The number of para-hydroxylation sites is 2. The molecule has 1 saturated carbocycles. The van der Waals surface area contributed by atoms with E-state index in [-0.39, 0.29) is 17.2 Å². The number of benzene rings is 1. The quantitative estimate of drug-likeness (QED) is 0.835. The molecule has 1 aliphatic carbocycles. The summed E-state index contributed by atoms with van der Waals surface area (Å²) in [5.74, 6) is -0.0616. The molecule has 2 aliphatic rings. The predicted molar refractivity (Wildman–Crippen MR) is 78.4 cm³/mol. The van der Waals surface area contributed by atoms with Gasteiger partial charge in [-0.25, -0.2) is 8.42 Å². The van der Waals surface area contributed by atoms with Gasteiger partial charge in [0.2, 0.25) is 15.9 Å². The first kappa shape index (κ1) is 13.4. The molecule has 1 atom stereocenters. The Bertz CT molecular complexity index is 652. The van der Waals surface area contributed by atoms with Crippen LogP contribution < -0.4 is 9.21 Å². The van der Waals surface area contributed by atoms with Crippen molar-refractivity contribution in [3.05, 3.63) is 24.3 Å². The summed E-state index contributed by atoms with van der Waals surface area (Å²) < 4.78 is 26.6. The minimum atomic E-state index is -3.29. The second-order valence-electron chi connectivity index (χ2n) is 5.50. The average molecular weight is 294 g/mol. The molecule has 1 fully saturated rings. The zero-order chi connectivity index (χ0) is 14.5. The number of hydrogen-bond donors (Lipinski definition) is 0. The first-order chi connectivity index (χ1) is 9.43. The largest absolute Gasteiger partial charge is 0.306 e. The first-order valence-corrected chi connectivity index (χ1v) is 8.33. The standard InChI is InChI=1S/C14H18N2O3S/c1-10-9-15(20(18,19)12-7-8-12)13-5-3-4-6-14(13)16(10)11(2)17/h3-6,10,12H,7-9H2,1-2H3. The predicted octanol–water partition coefficient (Wildman–Crippen LogP) is 1.74. The summed E-state index contributed by atoms with van der Waals surface area (Å²) in [6.07, 6.45) is 1.48. The van der Waals surface area contributed by atoms with Gasteiger partial charge in [-0.05, 0) is 31.9 Å². The van der Waals surface area contributed by atoms with Crippen LogP contribution in [0.2, 0.25) is 0 Å². The Kier molecular flexibility index (Phi) is 3.01. The molecule has 0 radical (unpaired) electrons. The van der Waals surface area contributed by atoms with Crippen LogP contribution in [0.3, 0.4) is 0 Å². The molecule has 1 aliphatic heterocycles. The summed E-state index contributed by atoms with van der Waals surface area (Å²) >= 11 is 0. The van der Waals surface area contributed by atoms with Crippen LogP contribution in [0.5, 0.6) is 0 Å². The Morgan fingerprint density at radius 2 is 1.80 bits per heavy atom. The molecule has 0 aromatic heterocycles. The van der Waals surface area contributed by atoms with Crippen molar-refractivity contribution >= 4 is 27.3 Å². The Labute approximate surface area is 119 Å². The van der Waals surface area contributed by atoms with Gasteiger partial charge in [0.1, 0.15) is 0 Å². The fourth-order valence-corrected chi connectivity index (χ4v) is 4.75. The molecule has 1 aromatic rings. The van der Waals surface area contributed by atoms with E-state index < -0.39 is 10.0 Å². The monoisotopic (exact) mass is 294 g/mol. The molecule has 20 heavy (non-hydrogen) atoms. The molecule has 0 saturated heterocycles. The second-order valence-corrected chi connectivity index (χ2v) is 7.64. The average Bonchev–Trinajstić information content (AvgIpc) is 3.21. The Morgan fingerprint density at radius 1 is 1.20 bits per heavy atom. The molecule has 108 valence electrons. The van der Waals surface area contributed by atoms with Crippen molar-refractivity contribution in [1.82, 2.24) is 0 Å². The highest BCUT2D eigenvalue weighted by Gasteiger charge is 2.44. The second kappa shape index (κ2) is 4.48. The number of sulfonamides is 1. The number of carbonyl (C=O) groups excluding carboxylic acids is 1. The van der Waals surface area contributed by atoms with Gasteiger partial charge in [-0.15, -0.1) is 0 Å². The summed E-state index contributed by atoms with van der Waals surface area (Å²) in [6, 6.07) is 7.06. The van der Waals surface area contributed by atoms with E-state index in [9.17, 15) is 13.2 Å². The normalized spacial score (nSPS) is 22.6. The van der Waals surface area contributed by atoms with E-state index in [1.807, 2.05) is 25.1 Å². The van der Waals surface area contributed by atoms with E-state index in [0.717, 1.165) is 12.8 Å². The lowest BCUT2D eigenvalue weighted by molar-refractivity contribution is -0.117. The van der Waals surface area contributed by atoms with Crippen molar-refractivity contribution in [3.8, 4) is 0 Å². The number of rotatable bonds is 2. The SMILES string of the molecule is CC(=O)N1c2ccccc2N(S(=O)(=O)C2CC2)CC1C. The highest BCUT2D eigenvalue weighted by Crippen LogP contribution is 2.41. The van der Waals surface area contributed by atoms with Crippen LogP contribution in [-0.4, -0.2) is 32.2 Å². The van der Waals surface area contributed by atoms with E-state index in [2.05, 4.69) is 0 Å². The van der Waals surface area contributed by atoms with Crippen molar-refractivity contribution < 1.29 is 13.2 Å². The third-order valence-corrected chi connectivity index (χ3v) is 6.15. The lowest BCUT2D eigenvalue weighted by atomic mass is 10.1. The van der Waals surface area contributed by atoms with E-state index in [1.165, 1.54) is 11.2 Å². The third-order valence-electron chi connectivity index (χ3n) is 3.87. The minimum Gasteiger partial charge on any atom is -0.306 e. The van der Waals surface area contributed by atoms with Gasteiger partial charge in [0.05, 0.1) is 29.2 Å². The number of fused-ring (bicyclic) bond motifs is 1. The molecule has 1 heterocycles. The summed E-state index contributed by atoms with van der Waals surface area (Å²) in [5, 5.41) is -0.244. The molecule has 6 heteroatoms. The summed E-state index contributed by atoms with van der Waals surface area (Å²) in [4.78, 5) is 13.5. The van der Waals surface area contributed by atoms with Gasteiger partial charge >= 0.3 is 0 Å². The molecule has 0 N–H and O–H groups in total. The molecule has 1 unspecified atom stereocenters. The van der Waals surface area contributed by atoms with Crippen LogP contribution in [0.4, 0.5) is 11.4 Å². The number of anilines is 2. The Morgan fingerprint density at radius 3 is 2.35 bits per heavy atom. The Balaban J connectivity index is 2.11. The molecule has 3 rings (SSSR count). The van der Waals surface area contributed by atoms with Crippen molar-refractivity contribution in [2.24, 2.45) is 0 Å². The molecule has 1 amide bonds. The lowest BCUT2D eigenvalue weighted by Crippen LogP contribution is -2.52. The maximum absolute atomic E-state index is 12.6. The zero-order valence-electron chi connectivity index (χ0n) is 11.6. The van der Waals surface area contributed by atoms with Gasteiger partial charge in [0.25, 0.3) is 0 Å². The maximum Gasteiger partial charge on any atom is 0.238 e.